The molecule has 1 aliphatic rings. The number of nitrogens with zero attached hydrogens (tertiary/aromatic N) is 1. The molecule has 0 bridgehead atoms. The highest BCUT2D eigenvalue weighted by Crippen LogP contribution is 2.07. The Morgan fingerprint density at radius 3 is 1.95 bits per heavy atom. The first kappa shape index (κ1) is 21.0. The Kier molecular flexibility index (Phi) is 16.5. The first-order valence-corrected chi connectivity index (χ1v) is 7.25. The third-order valence-electron chi connectivity index (χ3n) is 2.28. The molecule has 1 rings (SSSR count). The van der Waals surface area contributed by atoms with E-state index in [1.54, 1.807) is 4.90 Å². The van der Waals surface area contributed by atoms with E-state index < -0.39 is 6.09 Å². The van der Waals surface area contributed by atoms with Crippen molar-refractivity contribution in [2.45, 2.75) is 39.5 Å². The minimum atomic E-state index is -0.560. The number of hydrogen-bond acceptors (Lipinski definition) is 4. The monoisotopic (exact) mass is 289 g/mol. The lowest BCUT2D eigenvalue weighted by Gasteiger charge is -2.26. The lowest BCUT2D eigenvalue weighted by Crippen LogP contribution is -2.42. The van der Waals surface area contributed by atoms with Crippen LogP contribution in [0.2, 0.25) is 0 Å². The van der Waals surface area contributed by atoms with E-state index >= 15 is 0 Å². The molecule has 2 amide bonds. The van der Waals surface area contributed by atoms with Crippen LogP contribution in [0.5, 0.6) is 0 Å². The minimum Gasteiger partial charge on any atom is -0.453 e. The van der Waals surface area contributed by atoms with E-state index in [1.165, 1.54) is 20.0 Å². The molecule has 0 saturated carbocycles. The Morgan fingerprint density at radius 2 is 1.55 bits per heavy atom. The Morgan fingerprint density at radius 1 is 1.10 bits per heavy atom. The van der Waals surface area contributed by atoms with Crippen molar-refractivity contribution in [3.05, 3.63) is 0 Å². The zero-order valence-electron chi connectivity index (χ0n) is 13.6. The van der Waals surface area contributed by atoms with Crippen molar-refractivity contribution >= 4 is 12.0 Å². The average molecular weight is 289 g/mol. The van der Waals surface area contributed by atoms with Gasteiger partial charge in [-0.1, -0.05) is 20.3 Å². The van der Waals surface area contributed by atoms with Crippen molar-refractivity contribution in [3.63, 3.8) is 0 Å². The quantitative estimate of drug-likeness (QED) is 0.810. The predicted molar refractivity (Wildman–Crippen MR) is 81.8 cm³/mol. The summed E-state index contributed by atoms with van der Waals surface area (Å²) in [6.45, 7) is 5.90. The molecule has 0 aromatic rings. The van der Waals surface area contributed by atoms with Crippen LogP contribution in [0.3, 0.4) is 0 Å². The molecule has 0 unspecified atom stereocenters. The number of nitrogens with one attached hydrogen (secondary N) is 2. The van der Waals surface area contributed by atoms with E-state index in [9.17, 15) is 9.59 Å². The maximum Gasteiger partial charge on any atom is 0.407 e. The molecule has 6 heteroatoms. The molecule has 1 fully saturated rings. The molecule has 1 heterocycles. The van der Waals surface area contributed by atoms with Crippen LogP contribution in [-0.2, 0) is 9.53 Å². The summed E-state index contributed by atoms with van der Waals surface area (Å²) in [5.74, 6) is -0.0323. The number of likely N-dealkylation sites (tertiary alicyclic amines) is 1. The van der Waals surface area contributed by atoms with Crippen LogP contribution in [0.15, 0.2) is 0 Å². The molecule has 0 aliphatic carbocycles. The average Bonchev–Trinajstić information content (AvgIpc) is 2.47. The number of hydrogen-bond donors (Lipinski definition) is 2. The smallest absolute Gasteiger partial charge is 0.407 e. The van der Waals surface area contributed by atoms with Crippen molar-refractivity contribution in [2.24, 2.45) is 0 Å². The molecule has 0 spiro atoms. The number of amides is 2. The van der Waals surface area contributed by atoms with Crippen molar-refractivity contribution < 1.29 is 14.3 Å². The Balaban J connectivity index is 0. The highest BCUT2D eigenvalue weighted by molar-refractivity contribution is 5.82. The summed E-state index contributed by atoms with van der Waals surface area (Å²) in [6, 6.07) is 0. The van der Waals surface area contributed by atoms with E-state index in [4.69, 9.17) is 0 Å². The highest BCUT2D eigenvalue weighted by atomic mass is 16.5. The van der Waals surface area contributed by atoms with Crippen molar-refractivity contribution in [1.82, 2.24) is 15.5 Å². The molecule has 0 aromatic heterocycles. The Hall–Kier alpha value is -1.30. The second kappa shape index (κ2) is 15.8. The van der Waals surface area contributed by atoms with Crippen LogP contribution in [0.25, 0.3) is 0 Å². The fraction of sp³-hybridized carbons (Fsp3) is 0.857. The molecule has 0 atom stereocenters. The number of methoxy groups -OCH3 is 1. The highest BCUT2D eigenvalue weighted by Gasteiger charge is 2.16. The van der Waals surface area contributed by atoms with Gasteiger partial charge in [0.2, 0.25) is 5.91 Å². The third kappa shape index (κ3) is 13.1. The molecule has 0 aromatic carbocycles. The van der Waals surface area contributed by atoms with Gasteiger partial charge in [-0.25, -0.2) is 4.79 Å². The summed E-state index contributed by atoms with van der Waals surface area (Å²) in [7, 11) is 5.03. The number of rotatable bonds is 2. The number of carbonyl (C=O) groups excluding carboxylic acids is 2. The second-order valence-corrected chi connectivity index (χ2v) is 4.49. The van der Waals surface area contributed by atoms with Gasteiger partial charge in [-0.05, 0) is 33.4 Å². The van der Waals surface area contributed by atoms with Gasteiger partial charge in [0.1, 0.15) is 6.54 Å². The molecule has 6 nitrogen and oxygen atoms in total. The van der Waals surface area contributed by atoms with Crippen LogP contribution in [-0.4, -0.2) is 57.7 Å². The van der Waals surface area contributed by atoms with Crippen LogP contribution < -0.4 is 10.6 Å². The molecule has 0 radical (unpaired) electrons. The third-order valence-corrected chi connectivity index (χ3v) is 2.28. The van der Waals surface area contributed by atoms with Gasteiger partial charge in [-0.15, -0.1) is 0 Å². The standard InChI is InChI=1S/C9H16N2O3.C3H8.C2H7N/c1-14-9(13)10-7-8(12)11-5-3-2-4-6-11;2*1-3-2/h2-7H2,1H3,(H,10,13);3H2,1-2H3;3H,1-2H3. The lowest BCUT2D eigenvalue weighted by atomic mass is 10.1. The fourth-order valence-electron chi connectivity index (χ4n) is 1.48. The fourth-order valence-corrected chi connectivity index (χ4v) is 1.48. The maximum atomic E-state index is 11.5. The van der Waals surface area contributed by atoms with Gasteiger partial charge in [0, 0.05) is 13.1 Å². The number of piperidine rings is 1. The number of carbonyl (C=O) groups is 2. The number of alkyl carbamates (subject to hydrolysis) is 1. The zero-order chi connectivity index (χ0) is 15.8. The molecule has 1 saturated heterocycles. The molecule has 120 valence electrons. The van der Waals surface area contributed by atoms with Gasteiger partial charge in [-0.2, -0.15) is 0 Å². The Labute approximate surface area is 123 Å². The number of ether oxygens (including phenoxy) is 1. The van der Waals surface area contributed by atoms with E-state index in [1.807, 2.05) is 14.1 Å². The topological polar surface area (TPSA) is 70.7 Å². The van der Waals surface area contributed by atoms with E-state index in [-0.39, 0.29) is 12.5 Å². The summed E-state index contributed by atoms with van der Waals surface area (Å²) < 4.78 is 4.37. The largest absolute Gasteiger partial charge is 0.453 e. The van der Waals surface area contributed by atoms with Crippen LogP contribution >= 0.6 is 0 Å². The van der Waals surface area contributed by atoms with Gasteiger partial charge in [0.25, 0.3) is 0 Å². The Bertz CT molecular complexity index is 240. The second-order valence-electron chi connectivity index (χ2n) is 4.49. The van der Waals surface area contributed by atoms with Gasteiger partial charge in [0.05, 0.1) is 7.11 Å². The van der Waals surface area contributed by atoms with E-state index in [0.29, 0.717) is 0 Å². The van der Waals surface area contributed by atoms with Gasteiger partial charge in [-0.3, -0.25) is 4.79 Å². The summed E-state index contributed by atoms with van der Waals surface area (Å²) in [5.41, 5.74) is 0. The van der Waals surface area contributed by atoms with Crippen molar-refractivity contribution in [1.29, 1.82) is 0 Å². The molecule has 2 N–H and O–H groups in total. The minimum absolute atomic E-state index is 0.0323. The molecule has 20 heavy (non-hydrogen) atoms. The van der Waals surface area contributed by atoms with Crippen molar-refractivity contribution in [2.75, 3.05) is 40.8 Å². The van der Waals surface area contributed by atoms with Crippen LogP contribution in [0.4, 0.5) is 4.79 Å². The van der Waals surface area contributed by atoms with Gasteiger partial charge in [0.15, 0.2) is 0 Å². The molecular weight excluding hydrogens is 258 g/mol. The first-order chi connectivity index (χ1) is 9.56. The SMILES string of the molecule is CCC.CNC.COC(=O)NCC(=O)N1CCCCC1. The summed E-state index contributed by atoms with van der Waals surface area (Å²) in [4.78, 5) is 23.9. The van der Waals surface area contributed by atoms with Crippen molar-refractivity contribution in [3.8, 4) is 0 Å². The normalized spacial score (nSPS) is 13.2. The molecular formula is C14H31N3O3. The maximum absolute atomic E-state index is 11.5. The van der Waals surface area contributed by atoms with Crippen LogP contribution in [0, 0.1) is 0 Å². The zero-order valence-corrected chi connectivity index (χ0v) is 13.6. The predicted octanol–water partition coefficient (Wildman–Crippen LogP) is 1.61. The van der Waals surface area contributed by atoms with E-state index in [2.05, 4.69) is 29.2 Å². The summed E-state index contributed by atoms with van der Waals surface area (Å²) >= 11 is 0. The summed E-state index contributed by atoms with van der Waals surface area (Å²) in [6.07, 6.45) is 4.00. The first-order valence-electron chi connectivity index (χ1n) is 7.25. The molecule has 1 aliphatic heterocycles. The summed E-state index contributed by atoms with van der Waals surface area (Å²) in [5, 5.41) is 5.13. The van der Waals surface area contributed by atoms with Gasteiger partial charge < -0.3 is 20.3 Å². The van der Waals surface area contributed by atoms with E-state index in [0.717, 1.165) is 25.9 Å². The van der Waals surface area contributed by atoms with Gasteiger partial charge >= 0.3 is 6.09 Å². The lowest BCUT2D eigenvalue weighted by molar-refractivity contribution is -0.131. The van der Waals surface area contributed by atoms with Crippen LogP contribution in [0.1, 0.15) is 39.5 Å².